The van der Waals surface area contributed by atoms with Crippen LogP contribution in [0.5, 0.6) is 0 Å². The smallest absolute Gasteiger partial charge is 0.226 e. The minimum Gasteiger partial charge on any atom is -0.312 e. The summed E-state index contributed by atoms with van der Waals surface area (Å²) in [5, 5.41) is 0. The average Bonchev–Trinajstić information content (AvgIpc) is 2.98. The molecule has 2 amide bonds. The molecular formula is C28H28N2O2. The van der Waals surface area contributed by atoms with Crippen molar-refractivity contribution >= 4 is 23.2 Å². The van der Waals surface area contributed by atoms with Gasteiger partial charge >= 0.3 is 0 Å². The van der Waals surface area contributed by atoms with Crippen LogP contribution in [0.4, 0.5) is 11.4 Å². The summed E-state index contributed by atoms with van der Waals surface area (Å²) in [6.45, 7) is 0.541. The van der Waals surface area contributed by atoms with Crippen LogP contribution in [0.25, 0.3) is 22.3 Å². The Morgan fingerprint density at radius 1 is 0.594 bits per heavy atom. The van der Waals surface area contributed by atoms with Crippen LogP contribution in [0.1, 0.15) is 52.2 Å². The van der Waals surface area contributed by atoms with Crippen LogP contribution >= 0.6 is 0 Å². The summed E-state index contributed by atoms with van der Waals surface area (Å²) in [7, 11) is 0. The van der Waals surface area contributed by atoms with Crippen molar-refractivity contribution in [3.05, 3.63) is 72.6 Å². The van der Waals surface area contributed by atoms with E-state index in [1.807, 2.05) is 0 Å². The number of carbonyl (C=O) groups is 2. The molecule has 0 radical (unpaired) electrons. The van der Waals surface area contributed by atoms with Crippen molar-refractivity contribution in [3.8, 4) is 22.3 Å². The van der Waals surface area contributed by atoms with Crippen LogP contribution in [0.3, 0.4) is 0 Å². The van der Waals surface area contributed by atoms with Gasteiger partial charge in [-0.15, -0.1) is 0 Å². The quantitative estimate of drug-likeness (QED) is 0.501. The molecule has 4 heteroatoms. The van der Waals surface area contributed by atoms with Crippen LogP contribution < -0.4 is 9.80 Å². The maximum absolute atomic E-state index is 13.2. The zero-order chi connectivity index (χ0) is 30.6. The van der Waals surface area contributed by atoms with Crippen LogP contribution in [0.2, 0.25) is 0 Å². The van der Waals surface area contributed by atoms with Crippen molar-refractivity contribution in [2.75, 3.05) is 22.9 Å². The summed E-state index contributed by atoms with van der Waals surface area (Å²) in [6, 6.07) is -2.43. The lowest BCUT2D eigenvalue weighted by atomic mass is 9.93. The zero-order valence-electron chi connectivity index (χ0n) is 27.5. The zero-order valence-corrected chi connectivity index (χ0v) is 17.5. The van der Waals surface area contributed by atoms with E-state index in [9.17, 15) is 9.59 Å². The van der Waals surface area contributed by atoms with Crippen molar-refractivity contribution in [3.63, 3.8) is 0 Å². The number of nitrogens with zero attached hydrogens (tertiary/aromatic N) is 2. The monoisotopic (exact) mass is 434 g/mol. The first-order valence-corrected chi connectivity index (χ1v) is 10.8. The number of amides is 2. The highest BCUT2D eigenvalue weighted by atomic mass is 16.2. The minimum absolute atomic E-state index is 0.117. The maximum atomic E-state index is 13.2. The SMILES string of the molecule is [2H]c1c([2H])c([2H])c(-c2cc(N3CCCCC3=O)c(-c3c([2H])c([2H])c([2H])c([2H])c3[2H])cc2N2CCCCC2=O)c([2H])c1[2H]. The molecule has 0 aliphatic carbocycles. The van der Waals surface area contributed by atoms with Gasteiger partial charge in [-0.05, 0) is 48.9 Å². The average molecular weight is 435 g/mol. The van der Waals surface area contributed by atoms with E-state index in [2.05, 4.69) is 0 Å². The Balaban J connectivity index is 1.95. The molecule has 3 aromatic carbocycles. The first-order valence-electron chi connectivity index (χ1n) is 15.8. The summed E-state index contributed by atoms with van der Waals surface area (Å²) in [5.41, 5.74) is 0.264. The largest absolute Gasteiger partial charge is 0.312 e. The molecule has 0 spiro atoms. The van der Waals surface area contributed by atoms with Crippen LogP contribution in [-0.2, 0) is 9.59 Å². The Hall–Kier alpha value is -3.40. The highest BCUT2D eigenvalue weighted by Gasteiger charge is 2.28. The molecule has 0 atom stereocenters. The summed E-state index contributed by atoms with van der Waals surface area (Å²) in [5.74, 6) is -0.521. The van der Waals surface area contributed by atoms with E-state index in [1.54, 1.807) is 0 Å². The lowest BCUT2D eigenvalue weighted by Gasteiger charge is -2.33. The Morgan fingerprint density at radius 2 is 1.00 bits per heavy atom. The minimum atomic E-state index is -0.577. The first-order chi connectivity index (χ1) is 19.9. The molecule has 2 aliphatic rings. The number of hydrogen-bond acceptors (Lipinski definition) is 2. The van der Waals surface area contributed by atoms with Crippen molar-refractivity contribution in [1.82, 2.24) is 0 Å². The van der Waals surface area contributed by atoms with Gasteiger partial charge in [-0.3, -0.25) is 9.59 Å². The molecule has 32 heavy (non-hydrogen) atoms. The summed E-state index contributed by atoms with van der Waals surface area (Å²) < 4.78 is 83.8. The number of anilines is 2. The van der Waals surface area contributed by atoms with Gasteiger partial charge in [-0.2, -0.15) is 0 Å². The van der Waals surface area contributed by atoms with Crippen molar-refractivity contribution in [2.24, 2.45) is 0 Å². The molecule has 0 N–H and O–H groups in total. The van der Waals surface area contributed by atoms with Gasteiger partial charge in [0.2, 0.25) is 11.8 Å². The van der Waals surface area contributed by atoms with Gasteiger partial charge in [0.25, 0.3) is 0 Å². The molecule has 4 nitrogen and oxygen atoms in total. The highest BCUT2D eigenvalue weighted by molar-refractivity contribution is 6.04. The molecule has 3 aromatic rings. The lowest BCUT2D eigenvalue weighted by Crippen LogP contribution is -2.37. The number of hydrogen-bond donors (Lipinski definition) is 0. The van der Waals surface area contributed by atoms with Crippen molar-refractivity contribution in [2.45, 2.75) is 38.5 Å². The van der Waals surface area contributed by atoms with Gasteiger partial charge < -0.3 is 9.80 Å². The number of piperidine rings is 2. The van der Waals surface area contributed by atoms with Crippen LogP contribution in [0, 0.1) is 0 Å². The molecule has 2 saturated heterocycles. The lowest BCUT2D eigenvalue weighted by molar-refractivity contribution is -0.120. The first kappa shape index (κ1) is 12.0. The molecule has 0 saturated carbocycles. The number of carbonyl (C=O) groups excluding carboxylic acids is 2. The van der Waals surface area contributed by atoms with E-state index in [-0.39, 0.29) is 71.4 Å². The summed E-state index contributed by atoms with van der Waals surface area (Å²) >= 11 is 0. The van der Waals surface area contributed by atoms with Crippen molar-refractivity contribution < 1.29 is 23.3 Å². The summed E-state index contributed by atoms with van der Waals surface area (Å²) in [4.78, 5) is 29.3. The molecule has 162 valence electrons. The van der Waals surface area contributed by atoms with Crippen LogP contribution in [0.15, 0.2) is 72.6 Å². The predicted octanol–water partition coefficient (Wildman–Crippen LogP) is 6.05. The van der Waals surface area contributed by atoms with E-state index in [4.69, 9.17) is 13.7 Å². The standard InChI is InChI=1S/C28H28N2O2/c31-27-15-7-9-17-29(27)25-20-24(22-13-5-2-6-14-22)26(30-18-10-8-16-28(30)32)19-23(25)21-11-3-1-4-12-21/h1-6,11-14,19-20H,7-10,15-18H2/i1D,2D,3D,4D,5D,6D,11D,12D,13D,14D. The Kier molecular flexibility index (Phi) is 3.37. The second-order valence-corrected chi connectivity index (χ2v) is 7.89. The Labute approximate surface area is 203 Å². The fourth-order valence-corrected chi connectivity index (χ4v) is 4.31. The Bertz CT molecular complexity index is 1480. The van der Waals surface area contributed by atoms with Crippen molar-refractivity contribution in [1.29, 1.82) is 0 Å². The van der Waals surface area contributed by atoms with E-state index < -0.39 is 60.4 Å². The molecule has 0 unspecified atom stereocenters. The second-order valence-electron chi connectivity index (χ2n) is 7.89. The van der Waals surface area contributed by atoms with Gasteiger partial charge in [-0.25, -0.2) is 0 Å². The third-order valence-electron chi connectivity index (χ3n) is 5.88. The Morgan fingerprint density at radius 3 is 1.38 bits per heavy atom. The fourth-order valence-electron chi connectivity index (χ4n) is 4.31. The van der Waals surface area contributed by atoms with Gasteiger partial charge in [-0.1, -0.05) is 60.4 Å². The van der Waals surface area contributed by atoms with Crippen LogP contribution in [-0.4, -0.2) is 24.9 Å². The van der Waals surface area contributed by atoms with E-state index >= 15 is 0 Å². The maximum Gasteiger partial charge on any atom is 0.226 e. The van der Waals surface area contributed by atoms with Gasteiger partial charge in [0.15, 0.2) is 0 Å². The molecule has 2 heterocycles. The molecular weight excluding hydrogens is 396 g/mol. The molecule has 0 bridgehead atoms. The van der Waals surface area contributed by atoms with Gasteiger partial charge in [0.05, 0.1) is 25.1 Å². The summed E-state index contributed by atoms with van der Waals surface area (Å²) in [6.07, 6.45) is 3.02. The van der Waals surface area contributed by atoms with E-state index in [0.29, 0.717) is 25.7 Å². The topological polar surface area (TPSA) is 40.6 Å². The van der Waals surface area contributed by atoms with Gasteiger partial charge in [0, 0.05) is 37.1 Å². The van der Waals surface area contributed by atoms with E-state index in [0.717, 1.165) is 0 Å². The third kappa shape index (κ3) is 3.93. The molecule has 5 rings (SSSR count). The van der Waals surface area contributed by atoms with Gasteiger partial charge in [0.1, 0.15) is 0 Å². The number of rotatable bonds is 4. The fraction of sp³-hybridized carbons (Fsp3) is 0.286. The third-order valence-corrected chi connectivity index (χ3v) is 5.88. The highest BCUT2D eigenvalue weighted by Crippen LogP contribution is 2.43. The van der Waals surface area contributed by atoms with E-state index in [1.165, 1.54) is 21.9 Å². The predicted molar refractivity (Wildman–Crippen MR) is 130 cm³/mol. The second kappa shape index (κ2) is 8.99. The molecule has 2 fully saturated rings. The molecule has 2 aliphatic heterocycles. The normalized spacial score (nSPS) is 21.4. The molecule has 0 aromatic heterocycles. The number of benzene rings is 3.